The van der Waals surface area contributed by atoms with Gasteiger partial charge in [-0.25, -0.2) is 0 Å². The van der Waals surface area contributed by atoms with Crippen LogP contribution in [0.25, 0.3) is 10.9 Å². The molecule has 3 aromatic rings. The van der Waals surface area contributed by atoms with Crippen LogP contribution in [-0.4, -0.2) is 21.0 Å². The molecule has 1 aromatic carbocycles. The van der Waals surface area contributed by atoms with Gasteiger partial charge in [0.15, 0.2) is 0 Å². The predicted octanol–water partition coefficient (Wildman–Crippen LogP) is 6.57. The summed E-state index contributed by atoms with van der Waals surface area (Å²) in [6.45, 7) is 2.07. The number of unbranched alkanes of at least 4 members (excludes halogenated alkanes) is 3. The van der Waals surface area contributed by atoms with E-state index in [4.69, 9.17) is 4.98 Å². The molecule has 0 spiro atoms. The van der Waals surface area contributed by atoms with E-state index in [0.717, 1.165) is 61.4 Å². The lowest BCUT2D eigenvalue weighted by Crippen LogP contribution is -2.07. The van der Waals surface area contributed by atoms with Gasteiger partial charge in [0.05, 0.1) is 11.9 Å². The molecule has 1 N–H and O–H groups in total. The first-order chi connectivity index (χ1) is 15.6. The van der Waals surface area contributed by atoms with Crippen LogP contribution in [-0.2, 0) is 24.1 Å². The molecular formula is C28H34N2O2. The van der Waals surface area contributed by atoms with Crippen molar-refractivity contribution in [3.05, 3.63) is 70.7 Å². The first-order valence-electron chi connectivity index (χ1n) is 12.1. The number of carboxylic acids is 1. The summed E-state index contributed by atoms with van der Waals surface area (Å²) in [7, 11) is 0. The monoisotopic (exact) mass is 430 g/mol. The van der Waals surface area contributed by atoms with Gasteiger partial charge in [0, 0.05) is 23.0 Å². The zero-order chi connectivity index (χ0) is 22.3. The Kier molecular flexibility index (Phi) is 7.51. The highest BCUT2D eigenvalue weighted by atomic mass is 16.4. The van der Waals surface area contributed by atoms with Gasteiger partial charge >= 0.3 is 5.97 Å². The molecule has 2 heterocycles. The number of fused-ring (bicyclic) bond motifs is 2. The molecular weight excluding hydrogens is 396 g/mol. The third-order valence-electron chi connectivity index (χ3n) is 6.72. The van der Waals surface area contributed by atoms with Crippen LogP contribution in [0.3, 0.4) is 0 Å². The molecule has 1 atom stereocenters. The van der Waals surface area contributed by atoms with Gasteiger partial charge in [0.25, 0.3) is 0 Å². The van der Waals surface area contributed by atoms with Gasteiger partial charge in [-0.2, -0.15) is 0 Å². The average Bonchev–Trinajstić information content (AvgIpc) is 2.79. The Balaban J connectivity index is 1.27. The van der Waals surface area contributed by atoms with Crippen LogP contribution >= 0.6 is 0 Å². The van der Waals surface area contributed by atoms with Gasteiger partial charge in [0.2, 0.25) is 0 Å². The number of hydrogen-bond donors (Lipinski definition) is 1. The first kappa shape index (κ1) is 22.4. The number of nitrogens with zero attached hydrogens (tertiary/aromatic N) is 2. The van der Waals surface area contributed by atoms with E-state index in [1.54, 1.807) is 0 Å². The fourth-order valence-electron chi connectivity index (χ4n) is 4.91. The van der Waals surface area contributed by atoms with Crippen LogP contribution in [0.5, 0.6) is 0 Å². The molecule has 0 bridgehead atoms. The maximum Gasteiger partial charge on any atom is 0.303 e. The second-order valence-electron chi connectivity index (χ2n) is 9.33. The van der Waals surface area contributed by atoms with E-state index < -0.39 is 5.97 Å². The molecule has 0 fully saturated rings. The third kappa shape index (κ3) is 5.93. The smallest absolute Gasteiger partial charge is 0.303 e. The van der Waals surface area contributed by atoms with E-state index >= 15 is 0 Å². The molecule has 0 amide bonds. The number of rotatable bonds is 10. The van der Waals surface area contributed by atoms with Gasteiger partial charge in [-0.15, -0.1) is 0 Å². The minimum atomic E-state index is -0.738. The van der Waals surface area contributed by atoms with E-state index in [-0.39, 0.29) is 12.3 Å². The van der Waals surface area contributed by atoms with E-state index in [0.29, 0.717) is 0 Å². The molecule has 4 rings (SSSR count). The summed E-state index contributed by atoms with van der Waals surface area (Å²) in [5.41, 5.74) is 7.20. The Bertz CT molecular complexity index is 1080. The molecule has 32 heavy (non-hydrogen) atoms. The minimum absolute atomic E-state index is 0.0206. The zero-order valence-electron chi connectivity index (χ0n) is 19.1. The van der Waals surface area contributed by atoms with E-state index in [1.165, 1.54) is 41.8 Å². The number of carbonyl (C=O) groups is 1. The zero-order valence-corrected chi connectivity index (χ0v) is 19.1. The second-order valence-corrected chi connectivity index (χ2v) is 9.33. The molecule has 0 saturated carbocycles. The van der Waals surface area contributed by atoms with Crippen molar-refractivity contribution >= 4 is 16.9 Å². The predicted molar refractivity (Wildman–Crippen MR) is 129 cm³/mol. The normalized spacial score (nSPS) is 14.3. The lowest BCUT2D eigenvalue weighted by Gasteiger charge is -2.16. The van der Waals surface area contributed by atoms with Gasteiger partial charge in [-0.05, 0) is 93.2 Å². The molecule has 1 aliphatic carbocycles. The third-order valence-corrected chi connectivity index (χ3v) is 6.72. The lowest BCUT2D eigenvalue weighted by molar-refractivity contribution is -0.137. The van der Waals surface area contributed by atoms with Gasteiger partial charge in [-0.3, -0.25) is 14.8 Å². The van der Waals surface area contributed by atoms with Crippen molar-refractivity contribution in [3.63, 3.8) is 0 Å². The van der Waals surface area contributed by atoms with E-state index in [2.05, 4.69) is 42.2 Å². The Morgan fingerprint density at radius 3 is 2.75 bits per heavy atom. The number of aliphatic carboxylic acids is 1. The van der Waals surface area contributed by atoms with Crippen LogP contribution in [0.1, 0.15) is 85.4 Å². The van der Waals surface area contributed by atoms with Crippen molar-refractivity contribution in [2.45, 2.75) is 83.5 Å². The van der Waals surface area contributed by atoms with Crippen molar-refractivity contribution < 1.29 is 9.90 Å². The number of aromatic nitrogens is 2. The van der Waals surface area contributed by atoms with E-state index in [1.807, 2.05) is 12.3 Å². The summed E-state index contributed by atoms with van der Waals surface area (Å²) in [6.07, 6.45) is 13.3. The van der Waals surface area contributed by atoms with Crippen LogP contribution in [0.2, 0.25) is 0 Å². The quantitative estimate of drug-likeness (QED) is 0.370. The maximum atomic E-state index is 11.5. The van der Waals surface area contributed by atoms with Crippen molar-refractivity contribution in [2.24, 2.45) is 0 Å². The molecule has 0 aliphatic heterocycles. The summed E-state index contributed by atoms with van der Waals surface area (Å²) in [5.74, 6) is -0.718. The molecule has 0 saturated heterocycles. The first-order valence-corrected chi connectivity index (χ1v) is 12.1. The largest absolute Gasteiger partial charge is 0.481 e. The topological polar surface area (TPSA) is 63.1 Å². The standard InChI is InChI=1S/C28H34N2O2/c1-20-12-15-26-23(16-20)17-24(19-29-26)22(18-28(31)32)9-4-2-3-5-10-25-14-13-21-8-6-7-11-27(21)30-25/h12-17,19,22H,2-11,18H2,1H3,(H,31,32). The molecule has 4 heteroatoms. The number of pyridine rings is 2. The van der Waals surface area contributed by atoms with Crippen molar-refractivity contribution in [2.75, 3.05) is 0 Å². The fourth-order valence-corrected chi connectivity index (χ4v) is 4.91. The Morgan fingerprint density at radius 1 is 1.03 bits per heavy atom. The summed E-state index contributed by atoms with van der Waals surface area (Å²) in [5, 5.41) is 10.5. The van der Waals surface area contributed by atoms with Crippen LogP contribution in [0.15, 0.2) is 42.6 Å². The minimum Gasteiger partial charge on any atom is -0.481 e. The number of benzene rings is 1. The van der Waals surface area contributed by atoms with Crippen LogP contribution in [0.4, 0.5) is 0 Å². The van der Waals surface area contributed by atoms with Crippen LogP contribution < -0.4 is 0 Å². The molecule has 4 nitrogen and oxygen atoms in total. The highest BCUT2D eigenvalue weighted by Crippen LogP contribution is 2.28. The van der Waals surface area contributed by atoms with Crippen molar-refractivity contribution in [1.29, 1.82) is 0 Å². The Morgan fingerprint density at radius 2 is 1.88 bits per heavy atom. The highest BCUT2D eigenvalue weighted by molar-refractivity contribution is 5.80. The number of carboxylic acid groups (broad SMARTS) is 1. The summed E-state index contributed by atoms with van der Waals surface area (Å²) < 4.78 is 0. The summed E-state index contributed by atoms with van der Waals surface area (Å²) >= 11 is 0. The molecule has 0 radical (unpaired) electrons. The summed E-state index contributed by atoms with van der Waals surface area (Å²) in [6, 6.07) is 12.8. The van der Waals surface area contributed by atoms with Gasteiger partial charge < -0.3 is 5.11 Å². The Hall–Kier alpha value is -2.75. The molecule has 1 aliphatic rings. The fraction of sp³-hybridized carbons (Fsp3) is 0.464. The van der Waals surface area contributed by atoms with Gasteiger partial charge in [-0.1, -0.05) is 37.0 Å². The molecule has 168 valence electrons. The maximum absolute atomic E-state index is 11.5. The molecule has 2 aromatic heterocycles. The van der Waals surface area contributed by atoms with Gasteiger partial charge in [0.1, 0.15) is 0 Å². The number of aryl methyl sites for hydroxylation is 4. The number of hydrogen-bond acceptors (Lipinski definition) is 3. The summed E-state index contributed by atoms with van der Waals surface area (Å²) in [4.78, 5) is 20.9. The van der Waals surface area contributed by atoms with E-state index in [9.17, 15) is 9.90 Å². The molecule has 1 unspecified atom stereocenters. The lowest BCUT2D eigenvalue weighted by atomic mass is 9.90. The van der Waals surface area contributed by atoms with Crippen molar-refractivity contribution in [3.8, 4) is 0 Å². The van der Waals surface area contributed by atoms with Crippen LogP contribution in [0, 0.1) is 6.92 Å². The Labute approximate surface area is 191 Å². The highest BCUT2D eigenvalue weighted by Gasteiger charge is 2.17. The SMILES string of the molecule is Cc1ccc2ncc(C(CCCCCCc3ccc4c(n3)CCCC4)CC(=O)O)cc2c1. The second kappa shape index (κ2) is 10.7. The average molecular weight is 431 g/mol. The van der Waals surface area contributed by atoms with Crippen molar-refractivity contribution in [1.82, 2.24) is 9.97 Å².